The van der Waals surface area contributed by atoms with E-state index in [0.717, 1.165) is 0 Å². The number of hydrogen-bond acceptors (Lipinski definition) is 8. The molecule has 2 aromatic rings. The zero-order chi connectivity index (χ0) is 25.1. The first-order valence-electron chi connectivity index (χ1n) is 10.1. The van der Waals surface area contributed by atoms with Crippen molar-refractivity contribution in [3.63, 3.8) is 0 Å². The van der Waals surface area contributed by atoms with Crippen LogP contribution in [0.2, 0.25) is 0 Å². The van der Waals surface area contributed by atoms with Gasteiger partial charge in [0.05, 0.1) is 32.3 Å². The van der Waals surface area contributed by atoms with E-state index >= 15 is 0 Å². The summed E-state index contributed by atoms with van der Waals surface area (Å²) in [7, 11) is -1.35. The number of nitrogens with one attached hydrogen (secondary N) is 3. The zero-order valence-corrected chi connectivity index (χ0v) is 19.6. The van der Waals surface area contributed by atoms with E-state index in [1.165, 1.54) is 32.4 Å². The van der Waals surface area contributed by atoms with E-state index in [2.05, 4.69) is 10.2 Å². The molecule has 0 aliphatic carbocycles. The van der Waals surface area contributed by atoms with Crippen LogP contribution in [-0.2, 0) is 26.1 Å². The number of carboxylic acid groups (broad SMARTS) is 1. The van der Waals surface area contributed by atoms with Crippen LogP contribution in [-0.4, -0.2) is 58.9 Å². The third kappa shape index (κ3) is 8.10. The number of methoxy groups -OCH3 is 2. The zero-order valence-electron chi connectivity index (χ0n) is 18.7. The van der Waals surface area contributed by atoms with Crippen LogP contribution in [0.4, 0.5) is 0 Å². The Morgan fingerprint density at radius 3 is 2.35 bits per heavy atom. The van der Waals surface area contributed by atoms with E-state index in [9.17, 15) is 18.3 Å². The highest BCUT2D eigenvalue weighted by atomic mass is 32.2. The minimum Gasteiger partial charge on any atom is -0.494 e. The van der Waals surface area contributed by atoms with Gasteiger partial charge in [0.25, 0.3) is 0 Å². The average molecular weight is 497 g/mol. The van der Waals surface area contributed by atoms with Gasteiger partial charge in [0, 0.05) is 12.5 Å². The van der Waals surface area contributed by atoms with Crippen LogP contribution in [0.15, 0.2) is 47.4 Å². The van der Waals surface area contributed by atoms with Gasteiger partial charge in [0.2, 0.25) is 16.0 Å². The van der Waals surface area contributed by atoms with Crippen LogP contribution in [0, 0.1) is 5.41 Å². The minimum atomic E-state index is -4.14. The summed E-state index contributed by atoms with van der Waals surface area (Å²) in [6, 6.07) is 9.22. The lowest BCUT2D eigenvalue weighted by Gasteiger charge is -2.16. The van der Waals surface area contributed by atoms with Gasteiger partial charge in [-0.3, -0.25) is 15.0 Å². The summed E-state index contributed by atoms with van der Waals surface area (Å²) in [5.41, 5.74) is 7.90. The second-order valence-corrected chi connectivity index (χ2v) is 8.66. The highest BCUT2D eigenvalue weighted by Crippen LogP contribution is 2.29. The molecule has 0 saturated carbocycles. The van der Waals surface area contributed by atoms with Crippen LogP contribution >= 0.6 is 0 Å². The fourth-order valence-corrected chi connectivity index (χ4v) is 4.03. The van der Waals surface area contributed by atoms with E-state index in [1.807, 2.05) is 0 Å². The topological polar surface area (TPSA) is 182 Å². The van der Waals surface area contributed by atoms with Crippen molar-refractivity contribution in [3.8, 4) is 17.2 Å². The summed E-state index contributed by atoms with van der Waals surface area (Å²) in [5.74, 6) is -0.500. The van der Waals surface area contributed by atoms with Gasteiger partial charge in [-0.05, 0) is 36.2 Å². The molecule has 0 amide bonds. The Labute approximate surface area is 197 Å². The van der Waals surface area contributed by atoms with Gasteiger partial charge >= 0.3 is 5.97 Å². The van der Waals surface area contributed by atoms with Crippen molar-refractivity contribution >= 4 is 22.0 Å². The molecule has 1 atom stereocenters. The van der Waals surface area contributed by atoms with Crippen molar-refractivity contribution in [2.75, 3.05) is 27.4 Å². The number of guanidine groups is 1. The van der Waals surface area contributed by atoms with Crippen LogP contribution < -0.4 is 30.1 Å². The third-order valence-electron chi connectivity index (χ3n) is 4.47. The molecule has 0 saturated heterocycles. The summed E-state index contributed by atoms with van der Waals surface area (Å²) < 4.78 is 43.5. The Balaban J connectivity index is 1.98. The molecule has 0 fully saturated rings. The largest absolute Gasteiger partial charge is 0.494 e. The lowest BCUT2D eigenvalue weighted by Crippen LogP contribution is -2.42. The van der Waals surface area contributed by atoms with Crippen LogP contribution in [0.25, 0.3) is 0 Å². The molecular weight excluding hydrogens is 468 g/mol. The Morgan fingerprint density at radius 2 is 1.76 bits per heavy atom. The van der Waals surface area contributed by atoms with Crippen molar-refractivity contribution in [3.05, 3.63) is 48.0 Å². The molecule has 34 heavy (non-hydrogen) atoms. The molecule has 0 heterocycles. The monoisotopic (exact) mass is 496 g/mol. The van der Waals surface area contributed by atoms with Crippen LogP contribution in [0.1, 0.15) is 12.0 Å². The number of ether oxygens (including phenoxy) is 3. The standard InChI is InChI=1S/C21H28N4O8S/c1-30-18-9-8-16(13-19(18)31-2)34(28,29)25-17(20(26)27)12-14-4-6-15(7-5-14)32-10-3-11-33-24-21(22)23/h4-9,13,17,25H,3,10-12H2,1-2H3,(H,26,27)(H4,22,23,24)/t17-/m0/s1. The smallest absolute Gasteiger partial charge is 0.322 e. The van der Waals surface area contributed by atoms with Crippen molar-refractivity contribution in [2.24, 2.45) is 5.73 Å². The van der Waals surface area contributed by atoms with E-state index in [0.29, 0.717) is 30.1 Å². The molecule has 2 rings (SSSR count). The molecule has 0 unspecified atom stereocenters. The Kier molecular flexibility index (Phi) is 9.92. The second kappa shape index (κ2) is 12.6. The Bertz CT molecular complexity index is 1080. The number of carboxylic acids is 1. The molecule has 0 spiro atoms. The molecule has 12 nitrogen and oxygen atoms in total. The third-order valence-corrected chi connectivity index (χ3v) is 5.93. The fraction of sp³-hybridized carbons (Fsp3) is 0.333. The number of hydrogen-bond donors (Lipinski definition) is 5. The van der Waals surface area contributed by atoms with Gasteiger partial charge in [0.1, 0.15) is 11.8 Å². The maximum Gasteiger partial charge on any atom is 0.322 e. The van der Waals surface area contributed by atoms with Crippen molar-refractivity contribution in [1.82, 2.24) is 10.2 Å². The van der Waals surface area contributed by atoms with Gasteiger partial charge < -0.3 is 25.1 Å². The van der Waals surface area contributed by atoms with Gasteiger partial charge in [-0.2, -0.15) is 4.72 Å². The molecular formula is C21H28N4O8S. The van der Waals surface area contributed by atoms with Gasteiger partial charge in [0.15, 0.2) is 11.5 Å². The van der Waals surface area contributed by atoms with Gasteiger partial charge in [-0.1, -0.05) is 12.1 Å². The number of hydroxylamine groups is 1. The molecule has 186 valence electrons. The number of carbonyl (C=O) groups is 1. The predicted molar refractivity (Wildman–Crippen MR) is 123 cm³/mol. The molecule has 13 heteroatoms. The lowest BCUT2D eigenvalue weighted by molar-refractivity contribution is -0.138. The molecule has 0 aromatic heterocycles. The van der Waals surface area contributed by atoms with Crippen LogP contribution in [0.5, 0.6) is 17.2 Å². The fourth-order valence-electron chi connectivity index (χ4n) is 2.83. The van der Waals surface area contributed by atoms with Crippen molar-refractivity contribution in [2.45, 2.75) is 23.8 Å². The first-order chi connectivity index (χ1) is 16.2. The van der Waals surface area contributed by atoms with Gasteiger partial charge in [-0.25, -0.2) is 13.9 Å². The minimum absolute atomic E-state index is 0.0767. The quantitative estimate of drug-likeness (QED) is 0.109. The lowest BCUT2D eigenvalue weighted by atomic mass is 10.1. The number of benzene rings is 2. The summed E-state index contributed by atoms with van der Waals surface area (Å²) >= 11 is 0. The summed E-state index contributed by atoms with van der Waals surface area (Å²) in [4.78, 5) is 16.5. The van der Waals surface area contributed by atoms with E-state index in [-0.39, 0.29) is 29.6 Å². The maximum atomic E-state index is 12.8. The summed E-state index contributed by atoms with van der Waals surface area (Å²) in [6.07, 6.45) is 0.466. The predicted octanol–water partition coefficient (Wildman–Crippen LogP) is 0.862. The first-order valence-corrected chi connectivity index (χ1v) is 11.6. The molecule has 0 bridgehead atoms. The molecule has 6 N–H and O–H groups in total. The van der Waals surface area contributed by atoms with E-state index in [1.54, 1.807) is 24.3 Å². The van der Waals surface area contributed by atoms with E-state index in [4.69, 9.17) is 30.2 Å². The second-order valence-electron chi connectivity index (χ2n) is 6.94. The molecule has 0 aliphatic heterocycles. The number of rotatable bonds is 14. The van der Waals surface area contributed by atoms with Crippen molar-refractivity contribution < 1.29 is 37.4 Å². The average Bonchev–Trinajstić information content (AvgIpc) is 2.81. The molecule has 0 radical (unpaired) electrons. The normalized spacial score (nSPS) is 11.9. The maximum absolute atomic E-state index is 12.8. The molecule has 2 aromatic carbocycles. The van der Waals surface area contributed by atoms with Crippen molar-refractivity contribution in [1.29, 1.82) is 5.41 Å². The first kappa shape index (κ1) is 26.7. The molecule has 0 aliphatic rings. The summed E-state index contributed by atoms with van der Waals surface area (Å²) in [6.45, 7) is 0.639. The van der Waals surface area contributed by atoms with Gasteiger partial charge in [-0.15, -0.1) is 0 Å². The highest BCUT2D eigenvalue weighted by Gasteiger charge is 2.26. The van der Waals surface area contributed by atoms with E-state index < -0.39 is 22.0 Å². The summed E-state index contributed by atoms with van der Waals surface area (Å²) in [5, 5.41) is 16.5. The number of aliphatic carboxylic acids is 1. The Morgan fingerprint density at radius 1 is 1.09 bits per heavy atom. The SMILES string of the molecule is COc1ccc(S(=O)(=O)N[C@@H](Cc2ccc(OCCCONC(=N)N)cc2)C(=O)O)cc1OC. The number of nitrogens with two attached hydrogens (primary N) is 1. The highest BCUT2D eigenvalue weighted by molar-refractivity contribution is 7.89. The Hall–Kier alpha value is -3.55. The number of sulfonamides is 1. The van der Waals surface area contributed by atoms with Crippen LogP contribution in [0.3, 0.4) is 0 Å².